The highest BCUT2D eigenvalue weighted by Crippen LogP contribution is 2.29. The summed E-state index contributed by atoms with van der Waals surface area (Å²) in [5.74, 6) is 4.22. The normalized spacial score (nSPS) is 17.7. The maximum atomic E-state index is 12.9. The largest absolute Gasteiger partial charge is 0.493 e. The van der Waals surface area contributed by atoms with Gasteiger partial charge in [-0.2, -0.15) is 0 Å². The highest BCUT2D eigenvalue weighted by Gasteiger charge is 2.39. The van der Waals surface area contributed by atoms with Gasteiger partial charge in [-0.3, -0.25) is 4.79 Å². The van der Waals surface area contributed by atoms with Gasteiger partial charge in [-0.15, -0.1) is 0 Å². The van der Waals surface area contributed by atoms with Crippen molar-refractivity contribution in [3.05, 3.63) is 174 Å². The molecule has 7 aromatic rings. The van der Waals surface area contributed by atoms with Gasteiger partial charge in [-0.1, -0.05) is 85.8 Å². The first-order valence-electron chi connectivity index (χ1n) is 23.1. The van der Waals surface area contributed by atoms with Crippen LogP contribution in [0.25, 0.3) is 22.9 Å². The fraction of sp³-hybridized carbons (Fsp3) is 0.309. The zero-order valence-electron chi connectivity index (χ0n) is 38.3. The van der Waals surface area contributed by atoms with Crippen LogP contribution in [0.1, 0.15) is 53.8 Å². The first-order chi connectivity index (χ1) is 32.6. The third-order valence-electron chi connectivity index (χ3n) is 12.2. The van der Waals surface area contributed by atoms with E-state index in [1.54, 1.807) is 24.3 Å². The molecular formula is C55H58N4O8. The number of benzene rings is 5. The number of likely N-dealkylation sites (tertiary alicyclic amines) is 1. The molecule has 0 aliphatic carbocycles. The van der Waals surface area contributed by atoms with Crippen LogP contribution in [-0.4, -0.2) is 70.4 Å². The third-order valence-corrected chi connectivity index (χ3v) is 12.2. The number of rotatable bonds is 16. The number of oxazole rings is 2. The molecule has 12 heteroatoms. The van der Waals surface area contributed by atoms with Gasteiger partial charge < -0.3 is 38.4 Å². The van der Waals surface area contributed by atoms with Crippen LogP contribution in [0.4, 0.5) is 4.79 Å². The second-order valence-corrected chi connectivity index (χ2v) is 17.4. The van der Waals surface area contributed by atoms with E-state index in [4.69, 9.17) is 23.0 Å². The number of amides is 1. The molecule has 9 rings (SSSR count). The van der Waals surface area contributed by atoms with Crippen molar-refractivity contribution >= 4 is 12.1 Å². The number of carboxylic acid groups (broad SMARTS) is 1. The highest BCUT2D eigenvalue weighted by molar-refractivity contribution is 5.76. The molecular weight excluding hydrogens is 845 g/mol. The van der Waals surface area contributed by atoms with Crippen LogP contribution in [0.15, 0.2) is 148 Å². The molecule has 4 heterocycles. The molecule has 4 atom stereocenters. The molecule has 2 aliphatic heterocycles. The third kappa shape index (κ3) is 12.8. The van der Waals surface area contributed by atoms with Crippen LogP contribution in [0.3, 0.4) is 0 Å². The Balaban J connectivity index is 0.000000192. The average molecular weight is 903 g/mol. The molecule has 1 amide bonds. The molecule has 0 spiro atoms. The van der Waals surface area contributed by atoms with Gasteiger partial charge in [0.15, 0.2) is 0 Å². The lowest BCUT2D eigenvalue weighted by molar-refractivity contribution is -0.141. The van der Waals surface area contributed by atoms with Gasteiger partial charge in [0, 0.05) is 42.6 Å². The summed E-state index contributed by atoms with van der Waals surface area (Å²) in [5.41, 5.74) is 6.10. The predicted octanol–water partition coefficient (Wildman–Crippen LogP) is 10.6. The van der Waals surface area contributed by atoms with E-state index in [1.165, 1.54) is 16.9 Å². The summed E-state index contributed by atoms with van der Waals surface area (Å²) in [5, 5.41) is 13.2. The first-order valence-corrected chi connectivity index (χ1v) is 23.1. The van der Waals surface area contributed by atoms with E-state index in [1.807, 2.05) is 105 Å². The molecule has 0 bridgehead atoms. The number of carboxylic acids is 1. The number of ether oxygens (including phenoxy) is 3. The van der Waals surface area contributed by atoms with E-state index in [-0.39, 0.29) is 12.6 Å². The zero-order valence-corrected chi connectivity index (χ0v) is 38.3. The molecule has 5 aromatic carbocycles. The number of carbonyl (C=O) groups excluding carboxylic acids is 1. The van der Waals surface area contributed by atoms with Crippen LogP contribution in [0.2, 0.25) is 0 Å². The van der Waals surface area contributed by atoms with Crippen molar-refractivity contribution in [3.8, 4) is 40.2 Å². The first kappa shape index (κ1) is 46.4. The lowest BCUT2D eigenvalue weighted by atomic mass is 10.00. The van der Waals surface area contributed by atoms with Crippen molar-refractivity contribution in [3.63, 3.8) is 0 Å². The molecule has 346 valence electrons. The molecule has 2 aliphatic rings. The smallest absolute Gasteiger partial charge is 0.415 e. The fourth-order valence-electron chi connectivity index (χ4n) is 8.60. The maximum absolute atomic E-state index is 12.9. The Labute approximate surface area is 391 Å². The van der Waals surface area contributed by atoms with Crippen molar-refractivity contribution in [2.45, 2.75) is 71.4 Å². The van der Waals surface area contributed by atoms with Crippen LogP contribution in [-0.2, 0) is 30.5 Å². The molecule has 2 fully saturated rings. The summed E-state index contributed by atoms with van der Waals surface area (Å²) in [6.07, 6.45) is 4.06. The van der Waals surface area contributed by atoms with E-state index in [2.05, 4.69) is 46.5 Å². The van der Waals surface area contributed by atoms with Gasteiger partial charge in [-0.25, -0.2) is 14.8 Å². The van der Waals surface area contributed by atoms with E-state index in [0.717, 1.165) is 76.4 Å². The van der Waals surface area contributed by atoms with E-state index in [0.29, 0.717) is 56.0 Å². The van der Waals surface area contributed by atoms with Gasteiger partial charge in [0.2, 0.25) is 11.8 Å². The summed E-state index contributed by atoms with van der Waals surface area (Å²) >= 11 is 0. The Kier molecular flexibility index (Phi) is 15.5. The van der Waals surface area contributed by atoms with Crippen molar-refractivity contribution in [1.29, 1.82) is 0 Å². The summed E-state index contributed by atoms with van der Waals surface area (Å²) in [7, 11) is 0. The van der Waals surface area contributed by atoms with Crippen molar-refractivity contribution < 1.29 is 37.7 Å². The predicted molar refractivity (Wildman–Crippen MR) is 256 cm³/mol. The number of hydrogen-bond acceptors (Lipinski definition) is 10. The van der Waals surface area contributed by atoms with Crippen molar-refractivity contribution in [2.75, 3.05) is 26.3 Å². The Hall–Kier alpha value is -7.18. The second kappa shape index (κ2) is 22.3. The molecule has 0 saturated carbocycles. The molecule has 2 N–H and O–H groups in total. The molecule has 67 heavy (non-hydrogen) atoms. The van der Waals surface area contributed by atoms with E-state index >= 15 is 0 Å². The summed E-state index contributed by atoms with van der Waals surface area (Å²) in [6.45, 7) is 8.47. The lowest BCUT2D eigenvalue weighted by Crippen LogP contribution is -2.39. The topological polar surface area (TPSA) is 149 Å². The molecule has 0 radical (unpaired) electrons. The van der Waals surface area contributed by atoms with Gasteiger partial charge in [-0.05, 0) is 124 Å². The highest BCUT2D eigenvalue weighted by atomic mass is 16.6. The van der Waals surface area contributed by atoms with E-state index < -0.39 is 18.0 Å². The fourth-order valence-corrected chi connectivity index (χ4v) is 8.60. The number of nitrogens with one attached hydrogen (secondary N) is 1. The van der Waals surface area contributed by atoms with Crippen LogP contribution >= 0.6 is 0 Å². The number of nitrogens with zero attached hydrogens (tertiary/aromatic N) is 3. The van der Waals surface area contributed by atoms with Crippen molar-refractivity contribution in [1.82, 2.24) is 20.2 Å². The monoisotopic (exact) mass is 902 g/mol. The standard InChI is InChI=1S/C31H30N2O6.C24H28N2O2/c1-21-28(32-29(38-21)23-8-4-2-5-9-23)16-17-37-26-14-12-22(13-15-26)18-25-19-24(30(34)35)20-33(25)31(36)39-27-10-6-3-7-11-27;1-17-14-21(25-16-17)15-19-8-10-22(11-9-19)27-13-12-23-18(2)28-24(26-23)20-6-4-3-5-7-20/h2-15,24-25H,16-20H2,1H3,(H,34,35);3-11,17,21,25H,12-16H2,1-2H3/t24-,25+;17-,21-/m00/s1. The minimum Gasteiger partial charge on any atom is -0.493 e. The average Bonchev–Trinajstić information content (AvgIpc) is 4.15. The van der Waals surface area contributed by atoms with Gasteiger partial charge >= 0.3 is 12.1 Å². The number of para-hydroxylation sites is 1. The Morgan fingerprint density at radius 2 is 1.15 bits per heavy atom. The quantitative estimate of drug-likeness (QED) is 0.0954. The Morgan fingerprint density at radius 3 is 1.63 bits per heavy atom. The van der Waals surface area contributed by atoms with Gasteiger partial charge in [0.1, 0.15) is 28.8 Å². The molecule has 2 saturated heterocycles. The Morgan fingerprint density at radius 1 is 0.657 bits per heavy atom. The molecule has 0 unspecified atom stereocenters. The van der Waals surface area contributed by atoms with Crippen molar-refractivity contribution in [2.24, 2.45) is 11.8 Å². The zero-order chi connectivity index (χ0) is 46.5. The minimum atomic E-state index is -0.906. The number of hydrogen-bond donors (Lipinski definition) is 2. The van der Waals surface area contributed by atoms with Crippen LogP contribution in [0, 0.1) is 25.7 Å². The van der Waals surface area contributed by atoms with Gasteiger partial charge in [0.25, 0.3) is 0 Å². The van der Waals surface area contributed by atoms with Crippen LogP contribution in [0.5, 0.6) is 17.2 Å². The SMILES string of the molecule is Cc1oc(-c2ccccc2)nc1CCOc1ccc(C[C@@H]2C[C@H](C(=O)O)CN2C(=O)Oc2ccccc2)cc1.Cc1oc(-c2ccccc2)nc1CCOc1ccc(C[C@@H]2C[C@H](C)CN2)cc1. The number of aryl methyl sites for hydroxylation is 2. The van der Waals surface area contributed by atoms with Gasteiger partial charge in [0.05, 0.1) is 30.5 Å². The number of aromatic nitrogens is 2. The Bertz CT molecular complexity index is 2650. The summed E-state index contributed by atoms with van der Waals surface area (Å²) in [6, 6.07) is 45.0. The lowest BCUT2D eigenvalue weighted by Gasteiger charge is -2.24. The molecule has 2 aromatic heterocycles. The minimum absolute atomic E-state index is 0.125. The summed E-state index contributed by atoms with van der Waals surface area (Å²) < 4.78 is 29.0. The number of aliphatic carboxylic acids is 1. The number of carbonyl (C=O) groups is 2. The molecule has 12 nitrogen and oxygen atoms in total. The van der Waals surface area contributed by atoms with Crippen LogP contribution < -0.4 is 19.5 Å². The van der Waals surface area contributed by atoms with E-state index in [9.17, 15) is 14.7 Å². The summed E-state index contributed by atoms with van der Waals surface area (Å²) in [4.78, 5) is 35.3. The second-order valence-electron chi connectivity index (χ2n) is 17.4. The maximum Gasteiger partial charge on any atom is 0.415 e.